The van der Waals surface area contributed by atoms with E-state index in [0.29, 0.717) is 11.5 Å². The molecule has 2 fully saturated rings. The van der Waals surface area contributed by atoms with Crippen molar-refractivity contribution < 1.29 is 0 Å². The van der Waals surface area contributed by atoms with Crippen molar-refractivity contribution in [3.05, 3.63) is 0 Å². The third-order valence-corrected chi connectivity index (χ3v) is 5.78. The van der Waals surface area contributed by atoms with Crippen LogP contribution in [0.5, 0.6) is 0 Å². The molecular weight excluding hydrogens is 206 g/mol. The van der Waals surface area contributed by atoms with E-state index >= 15 is 0 Å². The molecule has 0 spiro atoms. The molecule has 2 saturated carbocycles. The summed E-state index contributed by atoms with van der Waals surface area (Å²) in [4.78, 5) is 0. The third-order valence-electron chi connectivity index (χ3n) is 5.78. The van der Waals surface area contributed by atoms with E-state index in [1.807, 2.05) is 0 Å². The summed E-state index contributed by atoms with van der Waals surface area (Å²) in [6.07, 6.45) is 14.1. The minimum absolute atomic E-state index is 0.460. The van der Waals surface area contributed by atoms with Gasteiger partial charge in [-0.2, -0.15) is 0 Å². The molecule has 0 aromatic rings. The van der Waals surface area contributed by atoms with Gasteiger partial charge in [0.15, 0.2) is 0 Å². The SMILES string of the molecule is CCC1CCC(C(N)C2(C)CCCCC2)CC1. The molecule has 0 aliphatic heterocycles. The molecule has 100 valence electrons. The number of hydrogen-bond donors (Lipinski definition) is 1. The second-order valence-corrected chi connectivity index (χ2v) is 6.93. The van der Waals surface area contributed by atoms with Crippen LogP contribution in [0.1, 0.15) is 78.1 Å². The van der Waals surface area contributed by atoms with Crippen molar-refractivity contribution >= 4 is 0 Å². The summed E-state index contributed by atoms with van der Waals surface area (Å²) >= 11 is 0. The predicted molar refractivity (Wildman–Crippen MR) is 74.9 cm³/mol. The third kappa shape index (κ3) is 3.05. The van der Waals surface area contributed by atoms with Crippen LogP contribution in [0.4, 0.5) is 0 Å². The molecule has 1 unspecified atom stereocenters. The van der Waals surface area contributed by atoms with Crippen molar-refractivity contribution in [1.29, 1.82) is 0 Å². The summed E-state index contributed by atoms with van der Waals surface area (Å²) in [6.45, 7) is 4.80. The lowest BCUT2D eigenvalue weighted by Gasteiger charge is -2.44. The second kappa shape index (κ2) is 5.73. The van der Waals surface area contributed by atoms with Crippen molar-refractivity contribution in [2.75, 3.05) is 0 Å². The van der Waals surface area contributed by atoms with E-state index in [4.69, 9.17) is 5.73 Å². The van der Waals surface area contributed by atoms with E-state index in [2.05, 4.69) is 13.8 Å². The predicted octanol–water partition coefficient (Wildman–Crippen LogP) is 4.50. The molecule has 0 aromatic heterocycles. The molecule has 1 atom stereocenters. The monoisotopic (exact) mass is 237 g/mol. The lowest BCUT2D eigenvalue weighted by atomic mass is 9.64. The maximum absolute atomic E-state index is 6.64. The van der Waals surface area contributed by atoms with Gasteiger partial charge in [0, 0.05) is 6.04 Å². The molecule has 17 heavy (non-hydrogen) atoms. The van der Waals surface area contributed by atoms with Crippen molar-refractivity contribution in [3.8, 4) is 0 Å². The standard InChI is InChI=1S/C16H31N/c1-3-13-7-9-14(10-8-13)15(17)16(2)11-5-4-6-12-16/h13-15H,3-12,17H2,1-2H3. The van der Waals surface area contributed by atoms with Crippen molar-refractivity contribution in [3.63, 3.8) is 0 Å². The summed E-state index contributed by atoms with van der Waals surface area (Å²) in [5.41, 5.74) is 7.10. The molecule has 2 rings (SSSR count). The first-order chi connectivity index (χ1) is 8.15. The zero-order valence-electron chi connectivity index (χ0n) is 11.9. The van der Waals surface area contributed by atoms with Gasteiger partial charge in [-0.25, -0.2) is 0 Å². The Bertz CT molecular complexity index is 222. The Morgan fingerprint density at radius 2 is 1.65 bits per heavy atom. The van der Waals surface area contributed by atoms with Crippen molar-refractivity contribution in [2.45, 2.75) is 84.1 Å². The molecule has 2 aliphatic rings. The highest BCUT2D eigenvalue weighted by Crippen LogP contribution is 2.44. The molecule has 0 aromatic carbocycles. The van der Waals surface area contributed by atoms with Gasteiger partial charge in [-0.3, -0.25) is 0 Å². The van der Waals surface area contributed by atoms with Crippen LogP contribution in [0.25, 0.3) is 0 Å². The van der Waals surface area contributed by atoms with Crippen LogP contribution in [-0.4, -0.2) is 6.04 Å². The molecule has 2 N–H and O–H groups in total. The van der Waals surface area contributed by atoms with Gasteiger partial charge in [-0.1, -0.05) is 52.4 Å². The Balaban J connectivity index is 1.89. The van der Waals surface area contributed by atoms with Crippen molar-refractivity contribution in [1.82, 2.24) is 0 Å². The molecule has 0 amide bonds. The molecule has 0 heterocycles. The number of rotatable bonds is 3. The smallest absolute Gasteiger partial charge is 0.0121 e. The molecule has 0 bridgehead atoms. The Kier molecular flexibility index (Phi) is 4.52. The molecule has 2 aliphatic carbocycles. The fourth-order valence-electron chi connectivity index (χ4n) is 4.22. The summed E-state index contributed by atoms with van der Waals surface area (Å²) in [5, 5.41) is 0. The Morgan fingerprint density at radius 3 is 2.18 bits per heavy atom. The Morgan fingerprint density at radius 1 is 1.06 bits per heavy atom. The minimum Gasteiger partial charge on any atom is -0.327 e. The zero-order chi connectivity index (χ0) is 12.3. The molecule has 1 heteroatoms. The maximum atomic E-state index is 6.64. The van der Waals surface area contributed by atoms with Gasteiger partial charge in [0.25, 0.3) is 0 Å². The second-order valence-electron chi connectivity index (χ2n) is 6.93. The zero-order valence-corrected chi connectivity index (χ0v) is 11.9. The minimum atomic E-state index is 0.460. The van der Waals surface area contributed by atoms with Crippen LogP contribution in [0.2, 0.25) is 0 Å². The Labute approximate surface area is 108 Å². The fourth-order valence-corrected chi connectivity index (χ4v) is 4.22. The first-order valence-electron chi connectivity index (χ1n) is 7.91. The van der Waals surface area contributed by atoms with Gasteiger partial charge < -0.3 is 5.73 Å². The van der Waals surface area contributed by atoms with Crippen LogP contribution in [0.3, 0.4) is 0 Å². The van der Waals surface area contributed by atoms with Gasteiger partial charge >= 0.3 is 0 Å². The average Bonchev–Trinajstić information content (AvgIpc) is 2.39. The van der Waals surface area contributed by atoms with E-state index < -0.39 is 0 Å². The molecule has 0 radical (unpaired) electrons. The molecular formula is C16H31N. The van der Waals surface area contributed by atoms with Crippen molar-refractivity contribution in [2.24, 2.45) is 23.0 Å². The van der Waals surface area contributed by atoms with Gasteiger partial charge in [0.05, 0.1) is 0 Å². The molecule has 1 nitrogen and oxygen atoms in total. The number of nitrogens with two attached hydrogens (primary N) is 1. The maximum Gasteiger partial charge on any atom is 0.0121 e. The topological polar surface area (TPSA) is 26.0 Å². The van der Waals surface area contributed by atoms with Crippen LogP contribution < -0.4 is 5.73 Å². The van der Waals surface area contributed by atoms with Gasteiger partial charge in [-0.05, 0) is 42.9 Å². The highest BCUT2D eigenvalue weighted by Gasteiger charge is 2.38. The Hall–Kier alpha value is -0.0400. The first-order valence-corrected chi connectivity index (χ1v) is 7.91. The highest BCUT2D eigenvalue weighted by molar-refractivity contribution is 4.93. The van der Waals surface area contributed by atoms with Crippen LogP contribution in [0, 0.1) is 17.3 Å². The quantitative estimate of drug-likeness (QED) is 0.768. The van der Waals surface area contributed by atoms with Gasteiger partial charge in [0.2, 0.25) is 0 Å². The van der Waals surface area contributed by atoms with Gasteiger partial charge in [-0.15, -0.1) is 0 Å². The van der Waals surface area contributed by atoms with E-state index in [0.717, 1.165) is 11.8 Å². The average molecular weight is 237 g/mol. The molecule has 0 saturated heterocycles. The number of hydrogen-bond acceptors (Lipinski definition) is 1. The van der Waals surface area contributed by atoms with Crippen LogP contribution in [0.15, 0.2) is 0 Å². The lowest BCUT2D eigenvalue weighted by molar-refractivity contribution is 0.101. The normalized spacial score (nSPS) is 35.5. The van der Waals surface area contributed by atoms with E-state index in [9.17, 15) is 0 Å². The summed E-state index contributed by atoms with van der Waals surface area (Å²) < 4.78 is 0. The van der Waals surface area contributed by atoms with Gasteiger partial charge in [0.1, 0.15) is 0 Å². The largest absolute Gasteiger partial charge is 0.327 e. The summed E-state index contributed by atoms with van der Waals surface area (Å²) in [5.74, 6) is 1.82. The fraction of sp³-hybridized carbons (Fsp3) is 1.00. The van der Waals surface area contributed by atoms with E-state index in [1.54, 1.807) is 0 Å². The van der Waals surface area contributed by atoms with Crippen LogP contribution in [-0.2, 0) is 0 Å². The van der Waals surface area contributed by atoms with E-state index in [1.165, 1.54) is 64.2 Å². The summed E-state index contributed by atoms with van der Waals surface area (Å²) in [6, 6.07) is 0.473. The lowest BCUT2D eigenvalue weighted by Crippen LogP contribution is -2.47. The van der Waals surface area contributed by atoms with Crippen LogP contribution >= 0.6 is 0 Å². The van der Waals surface area contributed by atoms with E-state index in [-0.39, 0.29) is 0 Å². The summed E-state index contributed by atoms with van der Waals surface area (Å²) in [7, 11) is 0. The first kappa shape index (κ1) is 13.4. The highest BCUT2D eigenvalue weighted by atomic mass is 14.7.